The van der Waals surface area contributed by atoms with Crippen LogP contribution in [0.15, 0.2) is 90.3 Å². The number of benzene rings is 3. The van der Waals surface area contributed by atoms with Gasteiger partial charge in [0.15, 0.2) is 0 Å². The van der Waals surface area contributed by atoms with Crippen LogP contribution in [0.1, 0.15) is 51.8 Å². The Morgan fingerprint density at radius 1 is 1.00 bits per heavy atom. The lowest BCUT2D eigenvalue weighted by Crippen LogP contribution is -2.26. The molecule has 4 aromatic rings. The highest BCUT2D eigenvalue weighted by atomic mass is 32.1. The SMILES string of the molecule is CCC/C=C/c1cc(NC(=O)c2ccc(N3CCC(N)C3)cc2)ccc1N(C)c1ccc(NC(=O)c2cccs2)cc1. The van der Waals surface area contributed by atoms with Crippen LogP contribution in [0.2, 0.25) is 0 Å². The van der Waals surface area contributed by atoms with Crippen LogP contribution in [0, 0.1) is 0 Å². The normalized spacial score (nSPS) is 14.7. The Morgan fingerprint density at radius 2 is 1.74 bits per heavy atom. The van der Waals surface area contributed by atoms with Crippen molar-refractivity contribution >= 4 is 57.7 Å². The fourth-order valence-corrected chi connectivity index (χ4v) is 5.62. The molecular weight excluding hydrogens is 542 g/mol. The molecule has 2 heterocycles. The summed E-state index contributed by atoms with van der Waals surface area (Å²) in [5, 5.41) is 7.90. The molecule has 5 rings (SSSR count). The molecule has 8 heteroatoms. The molecule has 3 aromatic carbocycles. The molecule has 0 radical (unpaired) electrons. The fourth-order valence-electron chi connectivity index (χ4n) is 5.00. The van der Waals surface area contributed by atoms with Gasteiger partial charge >= 0.3 is 0 Å². The first-order valence-electron chi connectivity index (χ1n) is 14.3. The summed E-state index contributed by atoms with van der Waals surface area (Å²) in [7, 11) is 2.01. The van der Waals surface area contributed by atoms with Gasteiger partial charge in [-0.25, -0.2) is 0 Å². The molecule has 0 aliphatic carbocycles. The summed E-state index contributed by atoms with van der Waals surface area (Å²) < 4.78 is 0. The van der Waals surface area contributed by atoms with Crippen LogP contribution in [-0.2, 0) is 0 Å². The Balaban J connectivity index is 1.30. The van der Waals surface area contributed by atoms with E-state index in [1.807, 2.05) is 91.3 Å². The lowest BCUT2D eigenvalue weighted by molar-refractivity contribution is 0.102. The first-order valence-corrected chi connectivity index (χ1v) is 15.2. The molecule has 1 aromatic heterocycles. The summed E-state index contributed by atoms with van der Waals surface area (Å²) in [5.74, 6) is -0.260. The van der Waals surface area contributed by atoms with E-state index in [0.717, 1.165) is 66.4 Å². The van der Waals surface area contributed by atoms with Crippen LogP contribution in [0.5, 0.6) is 0 Å². The van der Waals surface area contributed by atoms with E-state index in [4.69, 9.17) is 5.73 Å². The molecule has 0 spiro atoms. The van der Waals surface area contributed by atoms with Crippen LogP contribution in [0.3, 0.4) is 0 Å². The summed E-state index contributed by atoms with van der Waals surface area (Å²) in [5.41, 5.74) is 12.2. The van der Waals surface area contributed by atoms with Gasteiger partial charge in [0, 0.05) is 60.2 Å². The van der Waals surface area contributed by atoms with E-state index in [1.54, 1.807) is 0 Å². The molecule has 1 aliphatic rings. The van der Waals surface area contributed by atoms with Crippen molar-refractivity contribution in [1.82, 2.24) is 0 Å². The zero-order chi connectivity index (χ0) is 29.5. The Bertz CT molecular complexity index is 1530. The molecule has 1 fully saturated rings. The lowest BCUT2D eigenvalue weighted by Gasteiger charge is -2.23. The standard InChI is InChI=1S/C34H37N5O2S/c1-3-4-5-7-25-22-28(37-33(40)24-9-14-30(15-10-24)39-20-19-26(35)23-39)13-18-31(25)38(2)29-16-11-27(12-17-29)36-34(41)32-8-6-21-42-32/h5-18,21-22,26H,3-4,19-20,23,35H2,1-2H3,(H,36,41)(H,37,40)/b7-5+. The van der Waals surface area contributed by atoms with Gasteiger partial charge in [-0.05, 0) is 96.6 Å². The number of nitrogens with one attached hydrogen (secondary N) is 2. The number of allylic oxidation sites excluding steroid dienone is 1. The van der Waals surface area contributed by atoms with Gasteiger partial charge in [-0.1, -0.05) is 31.6 Å². The van der Waals surface area contributed by atoms with Crippen LogP contribution in [0.4, 0.5) is 28.4 Å². The van der Waals surface area contributed by atoms with E-state index in [0.29, 0.717) is 10.4 Å². The third-order valence-corrected chi connectivity index (χ3v) is 8.24. The second-order valence-electron chi connectivity index (χ2n) is 10.5. The molecule has 1 atom stereocenters. The lowest BCUT2D eigenvalue weighted by atomic mass is 10.1. The van der Waals surface area contributed by atoms with Gasteiger partial charge in [0.2, 0.25) is 0 Å². The average Bonchev–Trinajstić information content (AvgIpc) is 3.70. The summed E-state index contributed by atoms with van der Waals surface area (Å²) in [6.45, 7) is 3.94. The van der Waals surface area contributed by atoms with E-state index in [1.165, 1.54) is 11.3 Å². The van der Waals surface area contributed by atoms with Gasteiger partial charge in [-0.2, -0.15) is 0 Å². The molecule has 42 heavy (non-hydrogen) atoms. The molecular formula is C34H37N5O2S. The van der Waals surface area contributed by atoms with Crippen molar-refractivity contribution in [3.05, 3.63) is 106 Å². The van der Waals surface area contributed by atoms with Crippen molar-refractivity contribution in [2.45, 2.75) is 32.2 Å². The molecule has 1 unspecified atom stereocenters. The van der Waals surface area contributed by atoms with E-state index >= 15 is 0 Å². The highest BCUT2D eigenvalue weighted by Gasteiger charge is 2.19. The predicted molar refractivity (Wildman–Crippen MR) is 176 cm³/mol. The number of hydrogen-bond acceptors (Lipinski definition) is 6. The molecule has 2 amide bonds. The van der Waals surface area contributed by atoms with Gasteiger partial charge in [0.1, 0.15) is 0 Å². The maximum atomic E-state index is 13.1. The third kappa shape index (κ3) is 7.08. The summed E-state index contributed by atoms with van der Waals surface area (Å²) in [4.78, 5) is 30.5. The maximum absolute atomic E-state index is 13.1. The Labute approximate surface area is 251 Å². The van der Waals surface area contributed by atoms with Crippen LogP contribution < -0.4 is 26.2 Å². The van der Waals surface area contributed by atoms with Gasteiger partial charge < -0.3 is 26.2 Å². The number of nitrogens with two attached hydrogens (primary N) is 1. The zero-order valence-corrected chi connectivity index (χ0v) is 24.9. The van der Waals surface area contributed by atoms with Crippen LogP contribution in [-0.4, -0.2) is 38.0 Å². The Hall–Kier alpha value is -4.40. The summed E-state index contributed by atoms with van der Waals surface area (Å²) >= 11 is 1.42. The number of thiophene rings is 1. The largest absolute Gasteiger partial charge is 0.370 e. The molecule has 4 N–H and O–H groups in total. The average molecular weight is 580 g/mol. The number of amides is 2. The first kappa shape index (κ1) is 29.1. The second-order valence-corrected chi connectivity index (χ2v) is 11.4. The van der Waals surface area contributed by atoms with Gasteiger partial charge in [0.05, 0.1) is 4.88 Å². The predicted octanol–water partition coefficient (Wildman–Crippen LogP) is 7.37. The van der Waals surface area contributed by atoms with E-state index < -0.39 is 0 Å². The molecule has 0 bridgehead atoms. The number of hydrogen-bond donors (Lipinski definition) is 3. The zero-order valence-electron chi connectivity index (χ0n) is 24.0. The highest BCUT2D eigenvalue weighted by Crippen LogP contribution is 2.32. The Morgan fingerprint density at radius 3 is 2.40 bits per heavy atom. The minimum absolute atomic E-state index is 0.112. The van der Waals surface area contributed by atoms with Crippen LogP contribution >= 0.6 is 11.3 Å². The number of rotatable bonds is 10. The number of carbonyl (C=O) groups excluding carboxylic acids is 2. The van der Waals surface area contributed by atoms with Crippen molar-refractivity contribution in [3.63, 3.8) is 0 Å². The molecule has 216 valence electrons. The third-order valence-electron chi connectivity index (χ3n) is 7.38. The number of anilines is 5. The van der Waals surface area contributed by atoms with E-state index in [9.17, 15) is 9.59 Å². The number of carbonyl (C=O) groups is 2. The number of nitrogens with zero attached hydrogens (tertiary/aromatic N) is 2. The van der Waals surface area contributed by atoms with E-state index in [-0.39, 0.29) is 17.9 Å². The Kier molecular flexibility index (Phi) is 9.36. The highest BCUT2D eigenvalue weighted by molar-refractivity contribution is 7.12. The molecule has 1 aliphatic heterocycles. The topological polar surface area (TPSA) is 90.7 Å². The van der Waals surface area contributed by atoms with Crippen molar-refractivity contribution in [2.75, 3.05) is 40.6 Å². The monoisotopic (exact) mass is 579 g/mol. The summed E-state index contributed by atoms with van der Waals surface area (Å²) in [6.07, 6.45) is 7.27. The van der Waals surface area contributed by atoms with Crippen molar-refractivity contribution < 1.29 is 9.59 Å². The van der Waals surface area contributed by atoms with Gasteiger partial charge in [-0.15, -0.1) is 11.3 Å². The smallest absolute Gasteiger partial charge is 0.265 e. The van der Waals surface area contributed by atoms with Crippen LogP contribution in [0.25, 0.3) is 6.08 Å². The summed E-state index contributed by atoms with van der Waals surface area (Å²) in [6, 6.07) is 25.3. The van der Waals surface area contributed by atoms with Crippen molar-refractivity contribution in [1.29, 1.82) is 0 Å². The molecule has 0 saturated carbocycles. The quantitative estimate of drug-likeness (QED) is 0.182. The maximum Gasteiger partial charge on any atom is 0.265 e. The number of unbranched alkanes of at least 4 members (excludes halogenated alkanes) is 1. The minimum Gasteiger partial charge on any atom is -0.370 e. The van der Waals surface area contributed by atoms with Gasteiger partial charge in [0.25, 0.3) is 11.8 Å². The minimum atomic E-state index is -0.149. The first-order chi connectivity index (χ1) is 20.4. The van der Waals surface area contributed by atoms with E-state index in [2.05, 4.69) is 39.5 Å². The van der Waals surface area contributed by atoms with Crippen molar-refractivity contribution in [3.8, 4) is 0 Å². The molecule has 7 nitrogen and oxygen atoms in total. The van der Waals surface area contributed by atoms with Gasteiger partial charge in [-0.3, -0.25) is 9.59 Å². The van der Waals surface area contributed by atoms with Crippen molar-refractivity contribution in [2.24, 2.45) is 5.73 Å². The fraction of sp³-hybridized carbons (Fsp3) is 0.235. The molecule has 1 saturated heterocycles. The second kappa shape index (κ2) is 13.5.